The summed E-state index contributed by atoms with van der Waals surface area (Å²) < 4.78 is 55.4. The number of halogens is 4. The van der Waals surface area contributed by atoms with Crippen LogP contribution in [0.5, 0.6) is 0 Å². The molecule has 1 rings (SSSR count). The molecule has 0 bridgehead atoms. The highest BCUT2D eigenvalue weighted by Crippen LogP contribution is 2.36. The summed E-state index contributed by atoms with van der Waals surface area (Å²) >= 11 is 0. The van der Waals surface area contributed by atoms with Crippen molar-refractivity contribution in [3.63, 3.8) is 0 Å². The summed E-state index contributed by atoms with van der Waals surface area (Å²) in [4.78, 5) is 11.1. The third-order valence-electron chi connectivity index (χ3n) is 2.35. The molecule has 0 aliphatic rings. The van der Waals surface area contributed by atoms with Crippen LogP contribution in [-0.2, 0) is 15.7 Å². The molecular weight excluding hydrogens is 268 g/mol. The zero-order valence-electron chi connectivity index (χ0n) is 10.00. The number of aliphatic hydroxyl groups is 1. The topological polar surface area (TPSA) is 46.5 Å². The van der Waals surface area contributed by atoms with Crippen LogP contribution in [0.4, 0.5) is 17.6 Å². The zero-order valence-corrected chi connectivity index (χ0v) is 10.00. The molecule has 1 aromatic carbocycles. The molecule has 0 saturated carbocycles. The predicted octanol–water partition coefficient (Wildman–Crippen LogP) is 2.83. The normalized spacial score (nSPS) is 13.2. The molecule has 106 valence electrons. The first kappa shape index (κ1) is 15.4. The Morgan fingerprint density at radius 3 is 2.58 bits per heavy atom. The number of benzene rings is 1. The maximum atomic E-state index is 12.9. The molecule has 0 fully saturated rings. The maximum Gasteiger partial charge on any atom is 0.416 e. The number of hydrogen-bond acceptors (Lipinski definition) is 3. The first-order valence-corrected chi connectivity index (χ1v) is 5.46. The van der Waals surface area contributed by atoms with Crippen molar-refractivity contribution >= 4 is 5.97 Å². The Hall–Kier alpha value is -1.63. The lowest BCUT2D eigenvalue weighted by Gasteiger charge is -2.17. The molecule has 3 nitrogen and oxygen atoms in total. The van der Waals surface area contributed by atoms with Gasteiger partial charge in [0.1, 0.15) is 5.82 Å². The second-order valence-corrected chi connectivity index (χ2v) is 3.75. The molecule has 1 atom stereocenters. The molecule has 0 saturated heterocycles. The van der Waals surface area contributed by atoms with Gasteiger partial charge >= 0.3 is 12.1 Å². The van der Waals surface area contributed by atoms with E-state index in [1.54, 1.807) is 0 Å². The Morgan fingerprint density at radius 1 is 1.42 bits per heavy atom. The van der Waals surface area contributed by atoms with E-state index in [0.29, 0.717) is 0 Å². The SMILES string of the molecule is CCOC(=O)CC(O)c1ccc(F)cc1C(F)(F)F. The van der Waals surface area contributed by atoms with Crippen molar-refractivity contribution in [3.05, 3.63) is 35.1 Å². The van der Waals surface area contributed by atoms with Gasteiger partial charge in [0, 0.05) is 0 Å². The van der Waals surface area contributed by atoms with E-state index in [1.165, 1.54) is 6.92 Å². The molecular formula is C12H12F4O3. The first-order chi connectivity index (χ1) is 8.75. The van der Waals surface area contributed by atoms with Gasteiger partial charge < -0.3 is 9.84 Å². The summed E-state index contributed by atoms with van der Waals surface area (Å²) in [6.45, 7) is 1.59. The van der Waals surface area contributed by atoms with E-state index in [0.717, 1.165) is 12.1 Å². The molecule has 7 heteroatoms. The van der Waals surface area contributed by atoms with E-state index in [-0.39, 0.29) is 12.7 Å². The molecule has 1 N–H and O–H groups in total. The number of carbonyl (C=O) groups is 1. The van der Waals surface area contributed by atoms with Crippen molar-refractivity contribution in [2.45, 2.75) is 25.6 Å². The second kappa shape index (κ2) is 6.01. The van der Waals surface area contributed by atoms with Crippen molar-refractivity contribution < 1.29 is 32.2 Å². The molecule has 0 spiro atoms. The fourth-order valence-corrected chi connectivity index (χ4v) is 1.55. The van der Waals surface area contributed by atoms with Crippen LogP contribution < -0.4 is 0 Å². The van der Waals surface area contributed by atoms with E-state index in [9.17, 15) is 27.5 Å². The highest BCUT2D eigenvalue weighted by atomic mass is 19.4. The fourth-order valence-electron chi connectivity index (χ4n) is 1.55. The largest absolute Gasteiger partial charge is 0.466 e. The summed E-state index contributed by atoms with van der Waals surface area (Å²) in [5.41, 5.74) is -1.86. The van der Waals surface area contributed by atoms with Gasteiger partial charge in [-0.25, -0.2) is 4.39 Å². The maximum absolute atomic E-state index is 12.9. The molecule has 0 aliphatic heterocycles. The number of carbonyl (C=O) groups excluding carboxylic acids is 1. The van der Waals surface area contributed by atoms with Crippen LogP contribution in [0.1, 0.15) is 30.6 Å². The van der Waals surface area contributed by atoms with Gasteiger partial charge in [0.25, 0.3) is 0 Å². The van der Waals surface area contributed by atoms with Crippen molar-refractivity contribution in [1.82, 2.24) is 0 Å². The summed E-state index contributed by atoms with van der Waals surface area (Å²) in [5.74, 6) is -1.90. The molecule has 0 aromatic heterocycles. The summed E-state index contributed by atoms with van der Waals surface area (Å²) in [6.07, 6.45) is -7.13. The monoisotopic (exact) mass is 280 g/mol. The van der Waals surface area contributed by atoms with Crippen LogP contribution in [0.15, 0.2) is 18.2 Å². The quantitative estimate of drug-likeness (QED) is 0.681. The lowest BCUT2D eigenvalue weighted by molar-refractivity contribution is -0.147. The van der Waals surface area contributed by atoms with Gasteiger partial charge in [-0.3, -0.25) is 4.79 Å². The predicted molar refractivity (Wildman–Crippen MR) is 57.6 cm³/mol. The Labute approximate surface area is 106 Å². The standard InChI is InChI=1S/C12H12F4O3/c1-2-19-11(18)6-10(17)8-4-3-7(13)5-9(8)12(14,15)16/h3-5,10,17H,2,6H2,1H3. The number of ether oxygens (including phenoxy) is 1. The molecule has 0 radical (unpaired) electrons. The van der Waals surface area contributed by atoms with E-state index < -0.39 is 41.6 Å². The van der Waals surface area contributed by atoms with Crippen LogP contribution in [0.2, 0.25) is 0 Å². The van der Waals surface area contributed by atoms with Gasteiger partial charge in [0.2, 0.25) is 0 Å². The van der Waals surface area contributed by atoms with Gasteiger partial charge in [0.15, 0.2) is 0 Å². The number of aliphatic hydroxyl groups excluding tert-OH is 1. The summed E-state index contributed by atoms with van der Waals surface area (Å²) in [7, 11) is 0. The van der Waals surface area contributed by atoms with E-state index >= 15 is 0 Å². The number of hydrogen-bond donors (Lipinski definition) is 1. The van der Waals surface area contributed by atoms with Crippen LogP contribution in [-0.4, -0.2) is 17.7 Å². The first-order valence-electron chi connectivity index (χ1n) is 5.46. The Kier molecular flexibility index (Phi) is 4.88. The van der Waals surface area contributed by atoms with Gasteiger partial charge in [-0.05, 0) is 24.6 Å². The Bertz CT molecular complexity index is 457. The smallest absolute Gasteiger partial charge is 0.416 e. The molecule has 0 aliphatic carbocycles. The minimum atomic E-state index is -4.81. The van der Waals surface area contributed by atoms with Gasteiger partial charge in [-0.1, -0.05) is 6.07 Å². The van der Waals surface area contributed by atoms with E-state index in [2.05, 4.69) is 4.74 Å². The second-order valence-electron chi connectivity index (χ2n) is 3.75. The molecule has 0 amide bonds. The third kappa shape index (κ3) is 4.20. The molecule has 19 heavy (non-hydrogen) atoms. The van der Waals surface area contributed by atoms with Crippen LogP contribution >= 0.6 is 0 Å². The average molecular weight is 280 g/mol. The molecule has 1 aromatic rings. The van der Waals surface area contributed by atoms with Gasteiger partial charge in [0.05, 0.1) is 24.7 Å². The van der Waals surface area contributed by atoms with Gasteiger partial charge in [-0.15, -0.1) is 0 Å². The third-order valence-corrected chi connectivity index (χ3v) is 2.35. The lowest BCUT2D eigenvalue weighted by Crippen LogP contribution is -2.16. The minimum absolute atomic E-state index is 0.0566. The molecule has 1 unspecified atom stereocenters. The van der Waals surface area contributed by atoms with Crippen molar-refractivity contribution in [2.75, 3.05) is 6.61 Å². The summed E-state index contributed by atoms with van der Waals surface area (Å²) in [6, 6.07) is 1.88. The minimum Gasteiger partial charge on any atom is -0.466 e. The van der Waals surface area contributed by atoms with Crippen LogP contribution in [0.25, 0.3) is 0 Å². The van der Waals surface area contributed by atoms with Gasteiger partial charge in [-0.2, -0.15) is 13.2 Å². The van der Waals surface area contributed by atoms with E-state index in [4.69, 9.17) is 0 Å². The van der Waals surface area contributed by atoms with Crippen molar-refractivity contribution in [3.8, 4) is 0 Å². The van der Waals surface area contributed by atoms with E-state index in [1.807, 2.05) is 0 Å². The number of esters is 1. The number of rotatable bonds is 4. The Morgan fingerprint density at radius 2 is 2.05 bits per heavy atom. The fraction of sp³-hybridized carbons (Fsp3) is 0.417. The van der Waals surface area contributed by atoms with Crippen molar-refractivity contribution in [1.29, 1.82) is 0 Å². The average Bonchev–Trinajstić information content (AvgIpc) is 2.27. The Balaban J connectivity index is 3.02. The van der Waals surface area contributed by atoms with Crippen molar-refractivity contribution in [2.24, 2.45) is 0 Å². The number of alkyl halides is 3. The summed E-state index contributed by atoms with van der Waals surface area (Å²) in [5, 5.41) is 9.63. The van der Waals surface area contributed by atoms with Crippen LogP contribution in [0, 0.1) is 5.82 Å². The molecule has 0 heterocycles. The highest BCUT2D eigenvalue weighted by Gasteiger charge is 2.35. The van der Waals surface area contributed by atoms with Crippen LogP contribution in [0.3, 0.4) is 0 Å². The lowest BCUT2D eigenvalue weighted by atomic mass is 9.99. The highest BCUT2D eigenvalue weighted by molar-refractivity contribution is 5.70. The zero-order chi connectivity index (χ0) is 14.6.